The summed E-state index contributed by atoms with van der Waals surface area (Å²) in [6, 6.07) is 5.17. The molecule has 6 heteroatoms. The molecule has 0 aliphatic carbocycles. The van der Waals surface area contributed by atoms with Crippen LogP contribution in [0.2, 0.25) is 0 Å². The maximum atomic E-state index is 12.4. The molecule has 2 unspecified atom stereocenters. The third kappa shape index (κ3) is 2.12. The number of rotatable bonds is 1. The van der Waals surface area contributed by atoms with Crippen LogP contribution in [0.4, 0.5) is 5.69 Å². The molecule has 4 N–H and O–H groups in total. The summed E-state index contributed by atoms with van der Waals surface area (Å²) in [5.41, 5.74) is 7.99. The lowest BCUT2D eigenvalue weighted by molar-refractivity contribution is -0.123. The summed E-state index contributed by atoms with van der Waals surface area (Å²) in [4.78, 5) is 25.6. The monoisotopic (exact) mass is 275 g/mol. The molecule has 6 nitrogen and oxygen atoms in total. The average Bonchev–Trinajstić information content (AvgIpc) is 2.63. The molecule has 2 heterocycles. The fourth-order valence-electron chi connectivity index (χ4n) is 2.95. The number of nitrogens with two attached hydrogens (primary N) is 1. The Bertz CT molecular complexity index is 573. The van der Waals surface area contributed by atoms with Gasteiger partial charge in [0, 0.05) is 42.2 Å². The number of anilines is 1. The predicted molar refractivity (Wildman–Crippen MR) is 72.5 cm³/mol. The summed E-state index contributed by atoms with van der Waals surface area (Å²) in [6.07, 6.45) is 0.328. The van der Waals surface area contributed by atoms with Crippen LogP contribution >= 0.6 is 0 Å². The molecule has 0 bridgehead atoms. The molecule has 0 aromatic heterocycles. The van der Waals surface area contributed by atoms with Gasteiger partial charge in [-0.2, -0.15) is 0 Å². The van der Waals surface area contributed by atoms with Crippen molar-refractivity contribution in [3.05, 3.63) is 29.3 Å². The van der Waals surface area contributed by atoms with Gasteiger partial charge in [0.25, 0.3) is 5.91 Å². The van der Waals surface area contributed by atoms with Crippen molar-refractivity contribution in [3.63, 3.8) is 0 Å². The summed E-state index contributed by atoms with van der Waals surface area (Å²) in [7, 11) is 0. The molecular formula is C14H17N3O3. The number of carbonyl (C=O) groups is 2. The highest BCUT2D eigenvalue weighted by Crippen LogP contribution is 2.31. The van der Waals surface area contributed by atoms with E-state index in [4.69, 9.17) is 5.73 Å². The maximum Gasteiger partial charge on any atom is 0.254 e. The highest BCUT2D eigenvalue weighted by Gasteiger charge is 2.36. The first-order valence-electron chi connectivity index (χ1n) is 6.72. The van der Waals surface area contributed by atoms with E-state index in [0.717, 1.165) is 5.56 Å². The lowest BCUT2D eigenvalue weighted by Crippen LogP contribution is -2.39. The zero-order chi connectivity index (χ0) is 14.3. The van der Waals surface area contributed by atoms with Crippen LogP contribution in [0.15, 0.2) is 18.2 Å². The molecule has 106 valence electrons. The molecule has 2 aliphatic heterocycles. The second-order valence-electron chi connectivity index (χ2n) is 5.32. The quantitative estimate of drug-likeness (QED) is 0.638. The third-order valence-electron chi connectivity index (χ3n) is 4.00. The van der Waals surface area contributed by atoms with Crippen LogP contribution in [0.5, 0.6) is 0 Å². The SMILES string of the molecule is Nc1cccc2c1CN(C1CCC(=O)NC(O)C1)C2=O. The summed E-state index contributed by atoms with van der Waals surface area (Å²) in [5.74, 6) is -0.248. The predicted octanol–water partition coefficient (Wildman–Crippen LogP) is 0.212. The smallest absolute Gasteiger partial charge is 0.254 e. The molecule has 2 aliphatic rings. The zero-order valence-corrected chi connectivity index (χ0v) is 11.0. The first kappa shape index (κ1) is 12.9. The van der Waals surface area contributed by atoms with Gasteiger partial charge in [0.2, 0.25) is 5.91 Å². The Morgan fingerprint density at radius 2 is 2.15 bits per heavy atom. The number of fused-ring (bicyclic) bond motifs is 1. The summed E-state index contributed by atoms with van der Waals surface area (Å²) >= 11 is 0. The Labute approximate surface area is 116 Å². The van der Waals surface area contributed by atoms with E-state index >= 15 is 0 Å². The van der Waals surface area contributed by atoms with Crippen LogP contribution in [0.1, 0.15) is 35.2 Å². The van der Waals surface area contributed by atoms with Crippen LogP contribution in [-0.2, 0) is 11.3 Å². The number of hydrogen-bond acceptors (Lipinski definition) is 4. The van der Waals surface area contributed by atoms with Gasteiger partial charge in [0.1, 0.15) is 6.23 Å². The number of hydrogen-bond donors (Lipinski definition) is 3. The Kier molecular flexibility index (Phi) is 3.10. The van der Waals surface area contributed by atoms with Gasteiger partial charge in [-0.1, -0.05) is 6.07 Å². The van der Waals surface area contributed by atoms with Crippen LogP contribution < -0.4 is 11.1 Å². The minimum Gasteiger partial charge on any atom is -0.398 e. The van der Waals surface area contributed by atoms with Crippen molar-refractivity contribution >= 4 is 17.5 Å². The van der Waals surface area contributed by atoms with Gasteiger partial charge in [-0.15, -0.1) is 0 Å². The Balaban J connectivity index is 1.85. The van der Waals surface area contributed by atoms with E-state index in [2.05, 4.69) is 5.32 Å². The number of aliphatic hydroxyl groups excluding tert-OH is 1. The van der Waals surface area contributed by atoms with Gasteiger partial charge in [-0.3, -0.25) is 9.59 Å². The number of nitrogens with one attached hydrogen (secondary N) is 1. The number of benzene rings is 1. The van der Waals surface area contributed by atoms with Crippen molar-refractivity contribution < 1.29 is 14.7 Å². The van der Waals surface area contributed by atoms with Crippen molar-refractivity contribution in [1.82, 2.24) is 10.2 Å². The Morgan fingerprint density at radius 1 is 1.35 bits per heavy atom. The van der Waals surface area contributed by atoms with Gasteiger partial charge in [-0.05, 0) is 18.6 Å². The fraction of sp³-hybridized carbons (Fsp3) is 0.429. The Morgan fingerprint density at radius 3 is 2.90 bits per heavy atom. The largest absolute Gasteiger partial charge is 0.398 e. The van der Waals surface area contributed by atoms with E-state index in [-0.39, 0.29) is 17.9 Å². The van der Waals surface area contributed by atoms with E-state index in [1.165, 1.54) is 0 Å². The van der Waals surface area contributed by atoms with Gasteiger partial charge in [0.05, 0.1) is 0 Å². The molecule has 0 radical (unpaired) electrons. The van der Waals surface area contributed by atoms with E-state index in [9.17, 15) is 14.7 Å². The molecule has 0 spiro atoms. The van der Waals surface area contributed by atoms with Crippen LogP contribution in [0, 0.1) is 0 Å². The van der Waals surface area contributed by atoms with Gasteiger partial charge in [0.15, 0.2) is 0 Å². The van der Waals surface area contributed by atoms with Crippen molar-refractivity contribution in [2.45, 2.75) is 38.1 Å². The number of aliphatic hydroxyl groups is 1. The third-order valence-corrected chi connectivity index (χ3v) is 4.00. The highest BCUT2D eigenvalue weighted by atomic mass is 16.3. The van der Waals surface area contributed by atoms with Crippen LogP contribution in [-0.4, -0.2) is 34.1 Å². The minimum absolute atomic E-state index is 0.0705. The molecule has 1 aromatic carbocycles. The molecule has 3 rings (SSSR count). The first-order valence-corrected chi connectivity index (χ1v) is 6.72. The van der Waals surface area contributed by atoms with Gasteiger partial charge < -0.3 is 21.1 Å². The van der Waals surface area contributed by atoms with Crippen LogP contribution in [0.25, 0.3) is 0 Å². The molecule has 1 fully saturated rings. The van der Waals surface area contributed by atoms with E-state index in [1.54, 1.807) is 23.1 Å². The number of nitrogens with zero attached hydrogens (tertiary/aromatic N) is 1. The molecule has 2 amide bonds. The molecule has 0 saturated carbocycles. The maximum absolute atomic E-state index is 12.4. The number of nitrogen functional groups attached to an aromatic ring is 1. The van der Waals surface area contributed by atoms with Crippen molar-refractivity contribution in [2.75, 3.05) is 5.73 Å². The summed E-state index contributed by atoms with van der Waals surface area (Å²) < 4.78 is 0. The fourth-order valence-corrected chi connectivity index (χ4v) is 2.95. The number of amides is 2. The van der Waals surface area contributed by atoms with Crippen LogP contribution in [0.3, 0.4) is 0 Å². The lowest BCUT2D eigenvalue weighted by atomic mass is 10.1. The molecule has 20 heavy (non-hydrogen) atoms. The van der Waals surface area contributed by atoms with Gasteiger partial charge >= 0.3 is 0 Å². The van der Waals surface area contributed by atoms with Crippen molar-refractivity contribution in [3.8, 4) is 0 Å². The average molecular weight is 275 g/mol. The zero-order valence-electron chi connectivity index (χ0n) is 11.0. The molecule has 1 aromatic rings. The normalized spacial score (nSPS) is 26.1. The summed E-state index contributed by atoms with van der Waals surface area (Å²) in [6.45, 7) is 0.451. The Hall–Kier alpha value is -2.08. The minimum atomic E-state index is -0.899. The standard InChI is InChI=1S/C14H17N3O3/c15-11-3-1-2-9-10(11)7-17(14(9)20)8-4-5-12(18)16-13(19)6-8/h1-3,8,13,19H,4-7,15H2,(H,16,18). The van der Waals surface area contributed by atoms with Crippen molar-refractivity contribution in [1.29, 1.82) is 0 Å². The highest BCUT2D eigenvalue weighted by molar-refractivity contribution is 6.00. The van der Waals surface area contributed by atoms with Crippen molar-refractivity contribution in [2.24, 2.45) is 0 Å². The summed E-state index contributed by atoms with van der Waals surface area (Å²) in [5, 5.41) is 12.3. The van der Waals surface area contributed by atoms with Gasteiger partial charge in [-0.25, -0.2) is 0 Å². The van der Waals surface area contributed by atoms with E-state index < -0.39 is 6.23 Å². The molecular weight excluding hydrogens is 258 g/mol. The second kappa shape index (κ2) is 4.79. The lowest BCUT2D eigenvalue weighted by Gasteiger charge is -2.27. The topological polar surface area (TPSA) is 95.7 Å². The molecule has 2 atom stereocenters. The second-order valence-corrected chi connectivity index (χ2v) is 5.32. The molecule has 1 saturated heterocycles. The first-order chi connectivity index (χ1) is 9.56. The number of carbonyl (C=O) groups excluding carboxylic acids is 2. The van der Waals surface area contributed by atoms with E-state index in [1.807, 2.05) is 0 Å². The van der Waals surface area contributed by atoms with E-state index in [0.29, 0.717) is 37.1 Å².